The number of nitrogens with two attached hydrogens (primary N) is 3. The molecule has 1 atom stereocenters. The first kappa shape index (κ1) is 57.3. The summed E-state index contributed by atoms with van der Waals surface area (Å²) in [5, 5.41) is 40.7. The van der Waals surface area contributed by atoms with Crippen molar-refractivity contribution in [2.24, 2.45) is 22.6 Å². The summed E-state index contributed by atoms with van der Waals surface area (Å²) in [5.41, 5.74) is 12.3. The molecule has 0 fully saturated rings. The average Bonchev–Trinajstić information content (AvgIpc) is 3.11. The second-order valence-electron chi connectivity index (χ2n) is 13.5. The summed E-state index contributed by atoms with van der Waals surface area (Å²) in [6.07, 6.45) is 26.0. The number of carbonyl (C=O) groups is 2. The quantitative estimate of drug-likeness (QED) is 0.0259. The molecule has 0 heterocycles. The van der Waals surface area contributed by atoms with Gasteiger partial charge in [0.2, 0.25) is 0 Å². The highest BCUT2D eigenvalue weighted by molar-refractivity contribution is 7.87. The standard InChI is InChI=1S/C32H62O7S.3C2H7NO/c1-3-5-7-9-11-13-15-17-19-21-23-25-27-32(31(35)36,29(30(33)34)40(37,38)39)28-26-24-22-20-18-16-14-12-10-8-6-4-2;3*3-1-2-4/h29H,3-28H2,1-2H3,(H,33,34)(H,35,36)(H,37,38,39);3*4H,1-3H2. The zero-order chi connectivity index (χ0) is 40.4. The Morgan fingerprint density at radius 2 is 0.712 bits per heavy atom. The van der Waals surface area contributed by atoms with Crippen LogP contribution in [-0.2, 0) is 19.7 Å². The number of rotatable bonds is 33. The molecule has 0 saturated heterocycles. The average molecular weight is 774 g/mol. The van der Waals surface area contributed by atoms with E-state index in [0.29, 0.717) is 32.5 Å². The van der Waals surface area contributed by atoms with Gasteiger partial charge in [-0.05, 0) is 12.8 Å². The molecule has 316 valence electrons. The van der Waals surface area contributed by atoms with Gasteiger partial charge in [0.05, 0.1) is 25.2 Å². The van der Waals surface area contributed by atoms with E-state index in [4.69, 9.17) is 32.5 Å². The van der Waals surface area contributed by atoms with Crippen molar-refractivity contribution in [1.29, 1.82) is 0 Å². The van der Waals surface area contributed by atoms with Crippen LogP contribution in [0, 0.1) is 5.41 Å². The highest BCUT2D eigenvalue weighted by Crippen LogP contribution is 2.39. The van der Waals surface area contributed by atoms with E-state index in [0.717, 1.165) is 51.4 Å². The minimum absolute atomic E-state index is 0.0610. The Bertz CT molecular complexity index is 807. The van der Waals surface area contributed by atoms with Crippen LogP contribution in [0.4, 0.5) is 0 Å². The highest BCUT2D eigenvalue weighted by Gasteiger charge is 2.55. The van der Waals surface area contributed by atoms with Crippen LogP contribution < -0.4 is 17.2 Å². The summed E-state index contributed by atoms with van der Waals surface area (Å²) in [6, 6.07) is 0. The smallest absolute Gasteiger partial charge is 0.325 e. The third-order valence-electron chi connectivity index (χ3n) is 8.79. The van der Waals surface area contributed by atoms with E-state index in [9.17, 15) is 32.8 Å². The molecule has 14 heteroatoms. The van der Waals surface area contributed by atoms with Crippen LogP contribution in [0.15, 0.2) is 0 Å². The van der Waals surface area contributed by atoms with Crippen molar-refractivity contribution in [2.75, 3.05) is 39.5 Å². The van der Waals surface area contributed by atoms with Crippen molar-refractivity contribution in [3.63, 3.8) is 0 Å². The highest BCUT2D eigenvalue weighted by atomic mass is 32.2. The molecule has 0 aliphatic carbocycles. The van der Waals surface area contributed by atoms with Crippen LogP contribution in [0.5, 0.6) is 0 Å². The lowest BCUT2D eigenvalue weighted by atomic mass is 9.74. The van der Waals surface area contributed by atoms with Gasteiger partial charge < -0.3 is 42.7 Å². The van der Waals surface area contributed by atoms with Crippen LogP contribution in [0.1, 0.15) is 181 Å². The molecule has 0 rings (SSSR count). The maximum absolute atomic E-state index is 12.4. The largest absolute Gasteiger partial charge is 0.481 e. The number of aliphatic carboxylic acids is 2. The normalized spacial score (nSPS) is 11.7. The summed E-state index contributed by atoms with van der Waals surface area (Å²) in [4.78, 5) is 24.4. The number of aliphatic hydroxyl groups excluding tert-OH is 3. The molecule has 52 heavy (non-hydrogen) atoms. The van der Waals surface area contributed by atoms with E-state index >= 15 is 0 Å². The monoisotopic (exact) mass is 774 g/mol. The molecule has 0 bridgehead atoms. The van der Waals surface area contributed by atoms with Crippen LogP contribution in [0.2, 0.25) is 0 Å². The molecule has 0 saturated carbocycles. The van der Waals surface area contributed by atoms with Crippen molar-refractivity contribution < 1.29 is 48.1 Å². The van der Waals surface area contributed by atoms with Gasteiger partial charge in [0.1, 0.15) is 0 Å². The predicted molar refractivity (Wildman–Crippen MR) is 213 cm³/mol. The molecule has 0 aliphatic rings. The van der Waals surface area contributed by atoms with E-state index in [1.165, 1.54) is 89.9 Å². The first-order chi connectivity index (χ1) is 24.9. The summed E-state index contributed by atoms with van der Waals surface area (Å²) in [7, 11) is -5.08. The van der Waals surface area contributed by atoms with Crippen molar-refractivity contribution in [3.8, 4) is 0 Å². The lowest BCUT2D eigenvalue weighted by molar-refractivity contribution is -0.156. The van der Waals surface area contributed by atoms with Crippen molar-refractivity contribution in [3.05, 3.63) is 0 Å². The first-order valence-electron chi connectivity index (χ1n) is 20.2. The Labute approximate surface area is 317 Å². The van der Waals surface area contributed by atoms with Crippen LogP contribution in [0.3, 0.4) is 0 Å². The number of aliphatic hydroxyl groups is 3. The molecule has 0 aromatic carbocycles. The molecular formula is C38H83N3O10S. The lowest BCUT2D eigenvalue weighted by Gasteiger charge is -2.33. The van der Waals surface area contributed by atoms with E-state index in [1.54, 1.807) is 0 Å². The number of carboxylic acids is 2. The fraction of sp³-hybridized carbons (Fsp3) is 0.947. The van der Waals surface area contributed by atoms with Gasteiger partial charge in [-0.2, -0.15) is 8.42 Å². The maximum Gasteiger partial charge on any atom is 0.325 e. The third kappa shape index (κ3) is 38.3. The van der Waals surface area contributed by atoms with Crippen LogP contribution in [0.25, 0.3) is 0 Å². The van der Waals surface area contributed by atoms with Crippen molar-refractivity contribution >= 4 is 22.1 Å². The summed E-state index contributed by atoms with van der Waals surface area (Å²) >= 11 is 0. The Morgan fingerprint density at radius 1 is 0.500 bits per heavy atom. The van der Waals surface area contributed by atoms with E-state index < -0.39 is 32.7 Å². The zero-order valence-electron chi connectivity index (χ0n) is 33.2. The Morgan fingerprint density at radius 3 is 0.865 bits per heavy atom. The molecule has 12 N–H and O–H groups in total. The predicted octanol–water partition coefficient (Wildman–Crippen LogP) is 6.39. The topological polar surface area (TPSA) is 268 Å². The number of hydrogen-bond acceptors (Lipinski definition) is 10. The fourth-order valence-corrected chi connectivity index (χ4v) is 7.09. The van der Waals surface area contributed by atoms with E-state index in [2.05, 4.69) is 13.8 Å². The molecule has 0 spiro atoms. The molecule has 0 aliphatic heterocycles. The Balaban J connectivity index is -0.000000825. The van der Waals surface area contributed by atoms with Gasteiger partial charge in [0, 0.05) is 19.6 Å². The minimum atomic E-state index is -5.08. The van der Waals surface area contributed by atoms with Gasteiger partial charge in [-0.1, -0.05) is 168 Å². The van der Waals surface area contributed by atoms with Gasteiger partial charge in [0.15, 0.2) is 5.25 Å². The summed E-state index contributed by atoms with van der Waals surface area (Å²) in [5.74, 6) is -3.23. The van der Waals surface area contributed by atoms with Gasteiger partial charge in [-0.15, -0.1) is 0 Å². The minimum Gasteiger partial charge on any atom is -0.481 e. The van der Waals surface area contributed by atoms with E-state index in [-0.39, 0.29) is 32.7 Å². The van der Waals surface area contributed by atoms with Gasteiger partial charge in [0.25, 0.3) is 10.1 Å². The number of hydrogen-bond donors (Lipinski definition) is 9. The van der Waals surface area contributed by atoms with Gasteiger partial charge in [-0.25, -0.2) is 0 Å². The SMILES string of the molecule is CCCCCCCCCCCCCCC(CCCCCCCCCCCCCC)(C(=O)O)C(C(=O)O)S(=O)(=O)O.NCCO.NCCO.NCCO. The Hall–Kier alpha value is -1.39. The molecule has 1 unspecified atom stereocenters. The second-order valence-corrected chi connectivity index (χ2v) is 15.0. The lowest BCUT2D eigenvalue weighted by Crippen LogP contribution is -2.51. The van der Waals surface area contributed by atoms with Crippen LogP contribution >= 0.6 is 0 Å². The Kier molecular flexibility index (Phi) is 48.5. The molecule has 0 aromatic rings. The second kappa shape index (κ2) is 44.0. The molecular weight excluding hydrogens is 690 g/mol. The third-order valence-corrected chi connectivity index (χ3v) is 10.0. The summed E-state index contributed by atoms with van der Waals surface area (Å²) in [6.45, 7) is 5.84. The van der Waals surface area contributed by atoms with Crippen molar-refractivity contribution in [2.45, 2.75) is 186 Å². The molecule has 0 amide bonds. The zero-order valence-corrected chi connectivity index (χ0v) is 34.0. The first-order valence-corrected chi connectivity index (χ1v) is 21.7. The fourth-order valence-electron chi connectivity index (χ4n) is 5.92. The molecule has 0 radical (unpaired) electrons. The molecule has 0 aromatic heterocycles. The number of carboxylic acid groups (broad SMARTS) is 2. The van der Waals surface area contributed by atoms with Crippen molar-refractivity contribution in [1.82, 2.24) is 0 Å². The number of unbranched alkanes of at least 4 members (excludes halogenated alkanes) is 22. The van der Waals surface area contributed by atoms with Gasteiger partial charge >= 0.3 is 11.9 Å². The summed E-state index contributed by atoms with van der Waals surface area (Å²) < 4.78 is 33.9. The van der Waals surface area contributed by atoms with E-state index in [1.807, 2.05) is 0 Å². The van der Waals surface area contributed by atoms with Gasteiger partial charge in [-0.3, -0.25) is 14.1 Å². The molecule has 13 nitrogen and oxygen atoms in total. The van der Waals surface area contributed by atoms with Crippen LogP contribution in [-0.4, -0.2) is 95.1 Å². The maximum atomic E-state index is 12.4.